The topological polar surface area (TPSA) is 29.1 Å². The highest BCUT2D eigenvalue weighted by molar-refractivity contribution is 5.72. The van der Waals surface area contributed by atoms with Gasteiger partial charge in [-0.2, -0.15) is 0 Å². The summed E-state index contributed by atoms with van der Waals surface area (Å²) in [5.41, 5.74) is 1.38. The van der Waals surface area contributed by atoms with Crippen molar-refractivity contribution in [3.8, 4) is 0 Å². The Labute approximate surface area is 91.7 Å². The van der Waals surface area contributed by atoms with Crippen molar-refractivity contribution < 1.29 is 4.79 Å². The number of amides is 1. The fraction of sp³-hybridized carbons (Fsp3) is 0.462. The van der Waals surface area contributed by atoms with Gasteiger partial charge in [-0.15, -0.1) is 0 Å². The van der Waals surface area contributed by atoms with Crippen molar-refractivity contribution in [3.63, 3.8) is 0 Å². The van der Waals surface area contributed by atoms with E-state index in [-0.39, 0.29) is 5.91 Å². The number of hydrogen-bond donors (Lipinski definition) is 1. The lowest BCUT2D eigenvalue weighted by molar-refractivity contribution is -0.118. The van der Waals surface area contributed by atoms with Crippen molar-refractivity contribution >= 4 is 5.91 Å². The van der Waals surface area contributed by atoms with Crippen molar-refractivity contribution in [2.45, 2.75) is 32.6 Å². The average Bonchev–Trinajstić information content (AvgIpc) is 2.25. The van der Waals surface area contributed by atoms with E-state index in [1.165, 1.54) is 5.56 Å². The first kappa shape index (κ1) is 11.8. The summed E-state index contributed by atoms with van der Waals surface area (Å²) >= 11 is 0. The Kier molecular flexibility index (Phi) is 4.88. The third-order valence-corrected chi connectivity index (χ3v) is 2.56. The molecule has 0 heterocycles. The fourth-order valence-corrected chi connectivity index (χ4v) is 1.62. The van der Waals surface area contributed by atoms with Crippen LogP contribution in [-0.4, -0.2) is 12.5 Å². The summed E-state index contributed by atoms with van der Waals surface area (Å²) in [6.45, 7) is 4.57. The van der Waals surface area contributed by atoms with Crippen LogP contribution >= 0.6 is 0 Å². The Hall–Kier alpha value is -1.31. The lowest BCUT2D eigenvalue weighted by Gasteiger charge is -2.11. The maximum atomic E-state index is 10.6. The normalized spacial score (nSPS) is 12.1. The molecular weight excluding hydrogens is 186 g/mol. The molecule has 0 aliphatic rings. The Morgan fingerprint density at radius 2 is 2.00 bits per heavy atom. The van der Waals surface area contributed by atoms with E-state index >= 15 is 0 Å². The standard InChI is InChI=1S/C13H19NO/c1-11(7-6-10-14-12(2)15)13-8-4-3-5-9-13/h3-5,8-9,11H,6-7,10H2,1-2H3,(H,14,15). The molecule has 0 bridgehead atoms. The summed E-state index contributed by atoms with van der Waals surface area (Å²) in [5, 5.41) is 2.81. The van der Waals surface area contributed by atoms with Gasteiger partial charge in [-0.3, -0.25) is 4.79 Å². The molecule has 0 saturated heterocycles. The van der Waals surface area contributed by atoms with E-state index in [1.54, 1.807) is 6.92 Å². The number of carbonyl (C=O) groups is 1. The molecular formula is C13H19NO. The average molecular weight is 205 g/mol. The number of rotatable bonds is 5. The highest BCUT2D eigenvalue weighted by atomic mass is 16.1. The lowest BCUT2D eigenvalue weighted by Crippen LogP contribution is -2.21. The van der Waals surface area contributed by atoms with E-state index in [0.717, 1.165) is 19.4 Å². The van der Waals surface area contributed by atoms with Crippen molar-refractivity contribution in [1.82, 2.24) is 5.32 Å². The molecule has 1 rings (SSSR count). The van der Waals surface area contributed by atoms with Gasteiger partial charge in [0.05, 0.1) is 0 Å². The molecule has 15 heavy (non-hydrogen) atoms. The lowest BCUT2D eigenvalue weighted by atomic mass is 9.96. The molecule has 2 heteroatoms. The van der Waals surface area contributed by atoms with Gasteiger partial charge in [-0.25, -0.2) is 0 Å². The summed E-state index contributed by atoms with van der Waals surface area (Å²) in [7, 11) is 0. The first-order valence-electron chi connectivity index (χ1n) is 5.49. The van der Waals surface area contributed by atoms with Gasteiger partial charge >= 0.3 is 0 Å². The van der Waals surface area contributed by atoms with Gasteiger partial charge in [0.1, 0.15) is 0 Å². The van der Waals surface area contributed by atoms with Crippen LogP contribution in [0.5, 0.6) is 0 Å². The number of hydrogen-bond acceptors (Lipinski definition) is 1. The molecule has 0 aliphatic carbocycles. The highest BCUT2D eigenvalue weighted by Gasteiger charge is 2.03. The summed E-state index contributed by atoms with van der Waals surface area (Å²) in [6, 6.07) is 10.5. The maximum Gasteiger partial charge on any atom is 0.216 e. The largest absolute Gasteiger partial charge is 0.356 e. The van der Waals surface area contributed by atoms with E-state index in [2.05, 4.69) is 36.5 Å². The van der Waals surface area contributed by atoms with Crippen LogP contribution in [0.2, 0.25) is 0 Å². The van der Waals surface area contributed by atoms with Crippen LogP contribution < -0.4 is 5.32 Å². The van der Waals surface area contributed by atoms with Gasteiger partial charge in [0.15, 0.2) is 0 Å². The van der Waals surface area contributed by atoms with E-state index < -0.39 is 0 Å². The quantitative estimate of drug-likeness (QED) is 0.736. The molecule has 1 aromatic rings. The van der Waals surface area contributed by atoms with Gasteiger partial charge in [0.2, 0.25) is 5.91 Å². The summed E-state index contributed by atoms with van der Waals surface area (Å²) in [5.74, 6) is 0.627. The second-order valence-corrected chi connectivity index (χ2v) is 3.94. The van der Waals surface area contributed by atoms with Crippen LogP contribution in [0.15, 0.2) is 30.3 Å². The highest BCUT2D eigenvalue weighted by Crippen LogP contribution is 2.19. The van der Waals surface area contributed by atoms with Gasteiger partial charge in [0.25, 0.3) is 0 Å². The molecule has 1 amide bonds. The van der Waals surface area contributed by atoms with E-state index in [1.807, 2.05) is 6.07 Å². The molecule has 0 fully saturated rings. The fourth-order valence-electron chi connectivity index (χ4n) is 1.62. The van der Waals surface area contributed by atoms with Crippen LogP contribution in [0.25, 0.3) is 0 Å². The van der Waals surface area contributed by atoms with E-state index in [0.29, 0.717) is 5.92 Å². The van der Waals surface area contributed by atoms with Crippen molar-refractivity contribution in [2.24, 2.45) is 0 Å². The van der Waals surface area contributed by atoms with Gasteiger partial charge < -0.3 is 5.32 Å². The Morgan fingerprint density at radius 1 is 1.33 bits per heavy atom. The van der Waals surface area contributed by atoms with Crippen LogP contribution in [0.1, 0.15) is 38.2 Å². The van der Waals surface area contributed by atoms with Crippen molar-refractivity contribution in [1.29, 1.82) is 0 Å². The predicted molar refractivity (Wildman–Crippen MR) is 62.8 cm³/mol. The second-order valence-electron chi connectivity index (χ2n) is 3.94. The molecule has 2 nitrogen and oxygen atoms in total. The molecule has 1 N–H and O–H groups in total. The molecule has 1 aromatic carbocycles. The zero-order valence-corrected chi connectivity index (χ0v) is 9.49. The third kappa shape index (κ3) is 4.63. The van der Waals surface area contributed by atoms with Gasteiger partial charge in [-0.1, -0.05) is 37.3 Å². The molecule has 0 radical (unpaired) electrons. The Morgan fingerprint density at radius 3 is 2.60 bits per heavy atom. The zero-order chi connectivity index (χ0) is 11.1. The summed E-state index contributed by atoms with van der Waals surface area (Å²) in [6.07, 6.45) is 2.15. The van der Waals surface area contributed by atoms with Gasteiger partial charge in [0, 0.05) is 13.5 Å². The molecule has 1 unspecified atom stereocenters. The monoisotopic (exact) mass is 205 g/mol. The first-order chi connectivity index (χ1) is 7.20. The Bertz CT molecular complexity index is 295. The minimum Gasteiger partial charge on any atom is -0.356 e. The minimum absolute atomic E-state index is 0.0577. The number of carbonyl (C=O) groups excluding carboxylic acids is 1. The summed E-state index contributed by atoms with van der Waals surface area (Å²) in [4.78, 5) is 10.6. The molecule has 0 spiro atoms. The van der Waals surface area contributed by atoms with Crippen LogP contribution in [0.3, 0.4) is 0 Å². The number of benzene rings is 1. The SMILES string of the molecule is CC(=O)NCCCC(C)c1ccccc1. The maximum absolute atomic E-state index is 10.6. The second kappa shape index (κ2) is 6.23. The molecule has 0 saturated carbocycles. The summed E-state index contributed by atoms with van der Waals surface area (Å²) < 4.78 is 0. The van der Waals surface area contributed by atoms with Crippen molar-refractivity contribution in [3.05, 3.63) is 35.9 Å². The van der Waals surface area contributed by atoms with Crippen LogP contribution in [0, 0.1) is 0 Å². The van der Waals surface area contributed by atoms with Crippen LogP contribution in [0.4, 0.5) is 0 Å². The minimum atomic E-state index is 0.0577. The molecule has 1 atom stereocenters. The zero-order valence-electron chi connectivity index (χ0n) is 9.49. The third-order valence-electron chi connectivity index (χ3n) is 2.56. The first-order valence-corrected chi connectivity index (χ1v) is 5.49. The molecule has 0 aromatic heterocycles. The van der Waals surface area contributed by atoms with Crippen molar-refractivity contribution in [2.75, 3.05) is 6.54 Å². The molecule has 0 aliphatic heterocycles. The Balaban J connectivity index is 2.25. The van der Waals surface area contributed by atoms with E-state index in [9.17, 15) is 4.79 Å². The van der Waals surface area contributed by atoms with E-state index in [4.69, 9.17) is 0 Å². The van der Waals surface area contributed by atoms with Gasteiger partial charge in [-0.05, 0) is 24.3 Å². The van der Waals surface area contributed by atoms with Crippen LogP contribution in [-0.2, 0) is 4.79 Å². The number of nitrogens with one attached hydrogen (secondary N) is 1. The predicted octanol–water partition coefficient (Wildman–Crippen LogP) is 2.71. The molecule has 82 valence electrons. The smallest absolute Gasteiger partial charge is 0.216 e.